The van der Waals surface area contributed by atoms with Crippen molar-refractivity contribution in [2.75, 3.05) is 0 Å². The largest absolute Gasteiger partial charge is 0.459 e. The molecule has 0 saturated carbocycles. The van der Waals surface area contributed by atoms with Crippen molar-refractivity contribution in [3.05, 3.63) is 94.7 Å². The number of ether oxygens (including phenoxy) is 1. The van der Waals surface area contributed by atoms with Gasteiger partial charge in [0.2, 0.25) is 0 Å². The summed E-state index contributed by atoms with van der Waals surface area (Å²) < 4.78 is 22.1. The molecule has 7 heteroatoms. The summed E-state index contributed by atoms with van der Waals surface area (Å²) >= 11 is 6.29. The van der Waals surface area contributed by atoms with E-state index in [1.807, 2.05) is 31.2 Å². The number of aromatic nitrogens is 3. The van der Waals surface area contributed by atoms with Crippen molar-refractivity contribution < 1.29 is 13.9 Å². The molecule has 3 heterocycles. The van der Waals surface area contributed by atoms with E-state index in [-0.39, 0.29) is 0 Å². The van der Waals surface area contributed by atoms with E-state index in [2.05, 4.69) is 10.1 Å². The fourth-order valence-corrected chi connectivity index (χ4v) is 4.24. The summed E-state index contributed by atoms with van der Waals surface area (Å²) in [6.07, 6.45) is 4.13. The van der Waals surface area contributed by atoms with Crippen molar-refractivity contribution >= 4 is 34.5 Å². The van der Waals surface area contributed by atoms with Crippen LogP contribution in [0.15, 0.2) is 72.8 Å². The summed E-state index contributed by atoms with van der Waals surface area (Å²) in [4.78, 5) is 16.7. The molecule has 5 nitrogen and oxygen atoms in total. The zero-order valence-electron chi connectivity index (χ0n) is 16.5. The molecule has 2 aromatic carbocycles. The van der Waals surface area contributed by atoms with E-state index in [0.717, 1.165) is 11.8 Å². The lowest BCUT2D eigenvalue weighted by molar-refractivity contribution is -0.108. The molecule has 0 amide bonds. The third-order valence-electron chi connectivity index (χ3n) is 5.51. The van der Waals surface area contributed by atoms with Crippen LogP contribution in [0, 0.1) is 5.82 Å². The van der Waals surface area contributed by atoms with Gasteiger partial charge in [0.25, 0.3) is 0 Å². The highest BCUT2D eigenvalue weighted by atomic mass is 35.5. The van der Waals surface area contributed by atoms with Crippen molar-refractivity contribution in [2.45, 2.75) is 18.9 Å². The van der Waals surface area contributed by atoms with Gasteiger partial charge in [-0.15, -0.1) is 0 Å². The van der Waals surface area contributed by atoms with E-state index in [4.69, 9.17) is 16.3 Å². The van der Waals surface area contributed by atoms with Crippen molar-refractivity contribution in [2.24, 2.45) is 0 Å². The number of benzene rings is 2. The van der Waals surface area contributed by atoms with Crippen LogP contribution in [-0.4, -0.2) is 21.1 Å². The Morgan fingerprint density at radius 1 is 1.19 bits per heavy atom. The highest BCUT2D eigenvalue weighted by Crippen LogP contribution is 2.46. The van der Waals surface area contributed by atoms with E-state index in [1.54, 1.807) is 35.3 Å². The summed E-state index contributed by atoms with van der Waals surface area (Å²) in [5.74, 6) is 0.0957. The molecular weight excluding hydrogens is 417 g/mol. The number of hydrogen-bond acceptors (Lipinski definition) is 4. The lowest BCUT2D eigenvalue weighted by Crippen LogP contribution is -2.23. The van der Waals surface area contributed by atoms with Crippen LogP contribution >= 0.6 is 11.6 Å². The average molecular weight is 434 g/mol. The minimum atomic E-state index is -0.609. The number of carbonyl (C=O) groups excluding carboxylic acids is 1. The number of nitrogens with zero attached hydrogens (tertiary/aromatic N) is 3. The molecule has 1 aliphatic heterocycles. The topological polar surface area (TPSA) is 57.0 Å². The monoisotopic (exact) mass is 433 g/mol. The maximum absolute atomic E-state index is 14.1. The minimum absolute atomic E-state index is 0.390. The van der Waals surface area contributed by atoms with Crippen LogP contribution in [0.5, 0.6) is 5.75 Å². The molecule has 0 aliphatic carbocycles. The number of carbonyl (C=O) groups is 1. The normalized spacial score (nSPS) is 16.7. The minimum Gasteiger partial charge on any atom is -0.459 e. The fourth-order valence-electron chi connectivity index (χ4n) is 4.05. The molecule has 2 atom stereocenters. The Bertz CT molecular complexity index is 1350. The number of para-hydroxylation sites is 1. The Hall–Kier alpha value is -3.51. The number of pyridine rings is 1. The third kappa shape index (κ3) is 3.20. The molecule has 0 saturated heterocycles. The predicted octanol–water partition coefficient (Wildman–Crippen LogP) is 5.57. The quantitative estimate of drug-likeness (QED) is 0.395. The summed E-state index contributed by atoms with van der Waals surface area (Å²) in [6, 6.07) is 14.8. The first-order valence-corrected chi connectivity index (χ1v) is 10.2. The molecule has 154 valence electrons. The van der Waals surface area contributed by atoms with Crippen LogP contribution in [0.25, 0.3) is 16.6 Å². The number of rotatable bonds is 4. The van der Waals surface area contributed by atoms with E-state index in [9.17, 15) is 9.18 Å². The van der Waals surface area contributed by atoms with Crippen molar-refractivity contribution in [3.63, 3.8) is 0 Å². The average Bonchev–Trinajstić information content (AvgIpc) is 3.22. The molecule has 0 bridgehead atoms. The third-order valence-corrected chi connectivity index (χ3v) is 5.84. The van der Waals surface area contributed by atoms with Crippen molar-refractivity contribution in [1.82, 2.24) is 14.8 Å². The van der Waals surface area contributed by atoms with Crippen LogP contribution in [-0.2, 0) is 4.79 Å². The van der Waals surface area contributed by atoms with Gasteiger partial charge in [0.15, 0.2) is 5.65 Å². The van der Waals surface area contributed by atoms with Gasteiger partial charge in [0, 0.05) is 17.3 Å². The lowest BCUT2D eigenvalue weighted by Gasteiger charge is -2.31. The molecule has 0 fully saturated rings. The molecule has 0 N–H and O–H groups in total. The second-order valence-corrected chi connectivity index (χ2v) is 7.74. The maximum atomic E-state index is 14.1. The number of hydrogen-bond donors (Lipinski definition) is 0. The number of aldehydes is 1. The first-order valence-electron chi connectivity index (χ1n) is 9.78. The van der Waals surface area contributed by atoms with Crippen LogP contribution in [0.3, 0.4) is 0 Å². The van der Waals surface area contributed by atoms with E-state index >= 15 is 0 Å². The molecule has 2 unspecified atom stereocenters. The summed E-state index contributed by atoms with van der Waals surface area (Å²) in [7, 11) is 0. The zero-order chi connectivity index (χ0) is 21.5. The van der Waals surface area contributed by atoms with Gasteiger partial charge in [0.05, 0.1) is 22.5 Å². The Morgan fingerprint density at radius 3 is 2.84 bits per heavy atom. The number of allylic oxidation sites excluding steroid dienone is 2. The van der Waals surface area contributed by atoms with Gasteiger partial charge in [-0.25, -0.2) is 14.1 Å². The summed E-state index contributed by atoms with van der Waals surface area (Å²) in [5.41, 5.74) is 2.51. The Kier molecular flexibility index (Phi) is 4.79. The van der Waals surface area contributed by atoms with Gasteiger partial charge in [0.1, 0.15) is 29.7 Å². The van der Waals surface area contributed by atoms with E-state index in [1.165, 1.54) is 12.1 Å². The second-order valence-electron chi connectivity index (χ2n) is 7.34. The molecule has 1 aliphatic rings. The summed E-state index contributed by atoms with van der Waals surface area (Å²) in [5, 5.41) is 5.74. The first-order chi connectivity index (χ1) is 15.1. The zero-order valence-corrected chi connectivity index (χ0v) is 17.3. The van der Waals surface area contributed by atoms with Gasteiger partial charge >= 0.3 is 0 Å². The standard InChI is InChI=1S/C24H17ClFN3O2/c1-14(29-24-18(12-28-29)20(25)9-10-27-24)23-22(15-5-4-6-16(26)11-15)19(13-30)17-7-2-3-8-21(17)31-23/h2-14,19H,1H3. The molecule has 4 aromatic rings. The highest BCUT2D eigenvalue weighted by Gasteiger charge is 2.34. The van der Waals surface area contributed by atoms with Gasteiger partial charge in [-0.3, -0.25) is 0 Å². The Labute approximate surface area is 182 Å². The van der Waals surface area contributed by atoms with Gasteiger partial charge in [-0.05, 0) is 36.8 Å². The Morgan fingerprint density at radius 2 is 2.03 bits per heavy atom. The maximum Gasteiger partial charge on any atom is 0.159 e. The van der Waals surface area contributed by atoms with E-state index in [0.29, 0.717) is 38.7 Å². The highest BCUT2D eigenvalue weighted by molar-refractivity contribution is 6.35. The molecule has 0 spiro atoms. The van der Waals surface area contributed by atoms with Crippen molar-refractivity contribution in [1.29, 1.82) is 0 Å². The van der Waals surface area contributed by atoms with Crippen LogP contribution in [0.2, 0.25) is 5.02 Å². The number of halogens is 2. The predicted molar refractivity (Wildman–Crippen MR) is 116 cm³/mol. The SMILES string of the molecule is CC(C1=C(c2cccc(F)c2)C(C=O)c2ccccc2O1)n1ncc2c(Cl)ccnc21. The van der Waals surface area contributed by atoms with E-state index < -0.39 is 17.8 Å². The smallest absolute Gasteiger partial charge is 0.159 e. The number of fused-ring (bicyclic) bond motifs is 2. The molecular formula is C24H17ClFN3O2. The molecule has 31 heavy (non-hydrogen) atoms. The molecule has 5 rings (SSSR count). The molecule has 0 radical (unpaired) electrons. The summed E-state index contributed by atoms with van der Waals surface area (Å²) in [6.45, 7) is 1.90. The van der Waals surface area contributed by atoms with Crippen LogP contribution in [0.4, 0.5) is 4.39 Å². The van der Waals surface area contributed by atoms with Gasteiger partial charge in [-0.1, -0.05) is 41.9 Å². The first kappa shape index (κ1) is 19.5. The second kappa shape index (κ2) is 7.63. The van der Waals surface area contributed by atoms with Gasteiger partial charge < -0.3 is 9.53 Å². The fraction of sp³-hybridized carbons (Fsp3) is 0.125. The van der Waals surface area contributed by atoms with Crippen LogP contribution < -0.4 is 4.74 Å². The lowest BCUT2D eigenvalue weighted by atomic mass is 9.83. The molecule has 2 aromatic heterocycles. The van der Waals surface area contributed by atoms with Crippen molar-refractivity contribution in [3.8, 4) is 5.75 Å². The van der Waals surface area contributed by atoms with Gasteiger partial charge in [-0.2, -0.15) is 5.10 Å². The Balaban J connectivity index is 1.75. The van der Waals surface area contributed by atoms with Crippen LogP contribution in [0.1, 0.15) is 30.0 Å².